The zero-order valence-electron chi connectivity index (χ0n) is 22.8. The number of anilines is 3. The maximum absolute atomic E-state index is 2.38. The summed E-state index contributed by atoms with van der Waals surface area (Å²) in [5.41, 5.74) is 12.0. The smallest absolute Gasteiger partial charge is 0.0543 e. The van der Waals surface area contributed by atoms with Crippen molar-refractivity contribution in [1.29, 1.82) is 0 Å². The van der Waals surface area contributed by atoms with Gasteiger partial charge in [0.15, 0.2) is 0 Å². The maximum Gasteiger partial charge on any atom is 0.0543 e. The van der Waals surface area contributed by atoms with Crippen LogP contribution in [-0.2, 0) is 0 Å². The van der Waals surface area contributed by atoms with Gasteiger partial charge in [0.05, 0.1) is 11.0 Å². The van der Waals surface area contributed by atoms with Crippen molar-refractivity contribution >= 4 is 38.9 Å². The molecule has 40 heavy (non-hydrogen) atoms. The zero-order valence-corrected chi connectivity index (χ0v) is 22.8. The van der Waals surface area contributed by atoms with Gasteiger partial charge in [0, 0.05) is 33.5 Å². The highest BCUT2D eigenvalue weighted by atomic mass is 15.1. The summed E-state index contributed by atoms with van der Waals surface area (Å²) in [6, 6.07) is 52.5. The average molecular weight is 515 g/mol. The van der Waals surface area contributed by atoms with E-state index < -0.39 is 0 Å². The van der Waals surface area contributed by atoms with Gasteiger partial charge >= 0.3 is 0 Å². The molecule has 0 radical (unpaired) electrons. The van der Waals surface area contributed by atoms with Crippen molar-refractivity contribution in [3.8, 4) is 16.8 Å². The minimum Gasteiger partial charge on any atom is -0.310 e. The first-order valence-electron chi connectivity index (χ1n) is 13.8. The molecular weight excluding hydrogens is 484 g/mol. The third kappa shape index (κ3) is 4.24. The van der Waals surface area contributed by atoms with Gasteiger partial charge in [-0.2, -0.15) is 0 Å². The lowest BCUT2D eigenvalue weighted by molar-refractivity contribution is 1.18. The van der Waals surface area contributed by atoms with Gasteiger partial charge in [-0.25, -0.2) is 0 Å². The molecular formula is C38H30N2. The molecule has 0 fully saturated rings. The Morgan fingerprint density at radius 2 is 1.07 bits per heavy atom. The summed E-state index contributed by atoms with van der Waals surface area (Å²) < 4.78 is 2.38. The molecule has 0 aliphatic rings. The minimum atomic E-state index is 1.13. The van der Waals surface area contributed by atoms with Crippen molar-refractivity contribution in [2.24, 2.45) is 0 Å². The third-order valence-corrected chi connectivity index (χ3v) is 7.68. The van der Waals surface area contributed by atoms with E-state index in [4.69, 9.17) is 0 Å². The molecule has 0 unspecified atom stereocenters. The minimum absolute atomic E-state index is 1.13. The number of fused-ring (bicyclic) bond motifs is 3. The largest absolute Gasteiger partial charge is 0.310 e. The summed E-state index contributed by atoms with van der Waals surface area (Å²) in [4.78, 5) is 2.32. The van der Waals surface area contributed by atoms with Crippen LogP contribution in [0, 0.1) is 13.8 Å². The standard InChI is InChI=1S/C38H30N2/c1-27-16-20-33(21-17-27)39(31-11-5-3-6-12-31)34-15-9-10-29(25-34)30-19-23-37-36(26-30)35-22-18-28(2)24-38(35)40(37)32-13-7-4-8-14-32/h3-26H,1-2H3. The molecule has 0 saturated heterocycles. The predicted octanol–water partition coefficient (Wildman–Crippen LogP) is 10.5. The first kappa shape index (κ1) is 24.0. The molecule has 0 saturated carbocycles. The van der Waals surface area contributed by atoms with Crippen LogP contribution in [0.2, 0.25) is 0 Å². The zero-order chi connectivity index (χ0) is 27.1. The van der Waals surface area contributed by atoms with Gasteiger partial charge < -0.3 is 9.47 Å². The Bertz CT molecular complexity index is 1950. The van der Waals surface area contributed by atoms with Crippen LogP contribution in [0.5, 0.6) is 0 Å². The molecule has 192 valence electrons. The molecule has 2 nitrogen and oxygen atoms in total. The van der Waals surface area contributed by atoms with Gasteiger partial charge in [-0.05, 0) is 97.3 Å². The number of hydrogen-bond donors (Lipinski definition) is 0. The van der Waals surface area contributed by atoms with E-state index in [2.05, 4.69) is 169 Å². The molecule has 7 rings (SSSR count). The van der Waals surface area contributed by atoms with Crippen LogP contribution >= 0.6 is 0 Å². The first-order valence-corrected chi connectivity index (χ1v) is 13.8. The van der Waals surface area contributed by atoms with Crippen molar-refractivity contribution in [2.45, 2.75) is 13.8 Å². The number of aryl methyl sites for hydroxylation is 2. The lowest BCUT2D eigenvalue weighted by Gasteiger charge is -2.26. The molecule has 7 aromatic rings. The molecule has 0 amide bonds. The van der Waals surface area contributed by atoms with Gasteiger partial charge in [0.1, 0.15) is 0 Å². The fraction of sp³-hybridized carbons (Fsp3) is 0.0526. The van der Waals surface area contributed by atoms with Crippen molar-refractivity contribution in [2.75, 3.05) is 4.90 Å². The van der Waals surface area contributed by atoms with Crippen LogP contribution in [-0.4, -0.2) is 4.57 Å². The van der Waals surface area contributed by atoms with Crippen LogP contribution in [0.3, 0.4) is 0 Å². The van der Waals surface area contributed by atoms with E-state index in [0.717, 1.165) is 17.1 Å². The van der Waals surface area contributed by atoms with Gasteiger partial charge in [-0.1, -0.05) is 84.4 Å². The highest BCUT2D eigenvalue weighted by Gasteiger charge is 2.16. The third-order valence-electron chi connectivity index (χ3n) is 7.68. The fourth-order valence-electron chi connectivity index (χ4n) is 5.71. The summed E-state index contributed by atoms with van der Waals surface area (Å²) in [5.74, 6) is 0. The van der Waals surface area contributed by atoms with E-state index in [9.17, 15) is 0 Å². The average Bonchev–Trinajstić information content (AvgIpc) is 3.32. The summed E-state index contributed by atoms with van der Waals surface area (Å²) in [5, 5.41) is 2.54. The lowest BCUT2D eigenvalue weighted by atomic mass is 10.0. The molecule has 0 aliphatic heterocycles. The Balaban J connectivity index is 1.39. The van der Waals surface area contributed by atoms with Gasteiger partial charge in [0.25, 0.3) is 0 Å². The number of benzene rings is 6. The number of para-hydroxylation sites is 2. The van der Waals surface area contributed by atoms with E-state index in [1.54, 1.807) is 0 Å². The summed E-state index contributed by atoms with van der Waals surface area (Å²) >= 11 is 0. The Morgan fingerprint density at radius 3 is 1.85 bits per heavy atom. The topological polar surface area (TPSA) is 8.17 Å². The first-order chi connectivity index (χ1) is 19.7. The van der Waals surface area contributed by atoms with E-state index in [1.807, 2.05) is 0 Å². The summed E-state index contributed by atoms with van der Waals surface area (Å²) in [7, 11) is 0. The van der Waals surface area contributed by atoms with Crippen molar-refractivity contribution in [3.63, 3.8) is 0 Å². The highest BCUT2D eigenvalue weighted by molar-refractivity contribution is 6.10. The molecule has 0 bridgehead atoms. The van der Waals surface area contributed by atoms with Gasteiger partial charge in [-0.3, -0.25) is 0 Å². The van der Waals surface area contributed by atoms with E-state index in [0.29, 0.717) is 0 Å². The predicted molar refractivity (Wildman–Crippen MR) is 170 cm³/mol. The molecule has 1 aromatic heterocycles. The molecule has 0 spiro atoms. The molecule has 0 N–H and O–H groups in total. The van der Waals surface area contributed by atoms with E-state index in [1.165, 1.54) is 49.7 Å². The van der Waals surface area contributed by atoms with Crippen molar-refractivity contribution in [1.82, 2.24) is 4.57 Å². The van der Waals surface area contributed by atoms with Crippen LogP contribution < -0.4 is 4.90 Å². The van der Waals surface area contributed by atoms with Gasteiger partial charge in [0.2, 0.25) is 0 Å². The number of aromatic nitrogens is 1. The fourth-order valence-corrected chi connectivity index (χ4v) is 5.71. The normalized spacial score (nSPS) is 11.2. The van der Waals surface area contributed by atoms with Gasteiger partial charge in [-0.15, -0.1) is 0 Å². The van der Waals surface area contributed by atoms with E-state index in [-0.39, 0.29) is 0 Å². The number of nitrogens with zero attached hydrogens (tertiary/aromatic N) is 2. The van der Waals surface area contributed by atoms with Crippen LogP contribution in [0.4, 0.5) is 17.1 Å². The lowest BCUT2D eigenvalue weighted by Crippen LogP contribution is -2.09. The molecule has 0 atom stereocenters. The Labute approximate surface area is 235 Å². The summed E-state index contributed by atoms with van der Waals surface area (Å²) in [6.45, 7) is 4.29. The number of hydrogen-bond acceptors (Lipinski definition) is 1. The molecule has 0 aliphatic carbocycles. The summed E-state index contributed by atoms with van der Waals surface area (Å²) in [6.07, 6.45) is 0. The Morgan fingerprint density at radius 1 is 0.425 bits per heavy atom. The van der Waals surface area contributed by atoms with Crippen molar-refractivity contribution < 1.29 is 0 Å². The second kappa shape index (κ2) is 9.91. The monoisotopic (exact) mass is 514 g/mol. The quantitative estimate of drug-likeness (QED) is 0.222. The highest BCUT2D eigenvalue weighted by Crippen LogP contribution is 2.39. The molecule has 1 heterocycles. The van der Waals surface area contributed by atoms with Crippen LogP contribution in [0.1, 0.15) is 11.1 Å². The Kier molecular flexibility index (Phi) is 5.94. The number of rotatable bonds is 5. The van der Waals surface area contributed by atoms with Crippen molar-refractivity contribution in [3.05, 3.63) is 157 Å². The second-order valence-electron chi connectivity index (χ2n) is 10.5. The SMILES string of the molecule is Cc1ccc(N(c2ccccc2)c2cccc(-c3ccc4c(c3)c3ccc(C)cc3n4-c3ccccc3)c2)cc1. The van der Waals surface area contributed by atoms with Crippen LogP contribution in [0.15, 0.2) is 146 Å². The maximum atomic E-state index is 2.38. The molecule has 6 aromatic carbocycles. The van der Waals surface area contributed by atoms with Crippen LogP contribution in [0.25, 0.3) is 38.6 Å². The van der Waals surface area contributed by atoms with E-state index >= 15 is 0 Å². The molecule has 2 heteroatoms. The second-order valence-corrected chi connectivity index (χ2v) is 10.5. The Hall–Kier alpha value is -5.08.